The average molecular weight is 278 g/mol. The third-order valence-electron chi connectivity index (χ3n) is 3.84. The number of aldehydes is 1. The van der Waals surface area contributed by atoms with Gasteiger partial charge in [0.05, 0.1) is 11.7 Å². The summed E-state index contributed by atoms with van der Waals surface area (Å²) >= 11 is 0. The van der Waals surface area contributed by atoms with Crippen LogP contribution in [0.15, 0.2) is 12.1 Å². The fourth-order valence-electron chi connectivity index (χ4n) is 2.74. The molecule has 20 heavy (non-hydrogen) atoms. The quantitative estimate of drug-likeness (QED) is 0.792. The van der Waals surface area contributed by atoms with Crippen LogP contribution in [0.25, 0.3) is 0 Å². The van der Waals surface area contributed by atoms with Gasteiger partial charge in [0.25, 0.3) is 0 Å². The Morgan fingerprint density at radius 2 is 1.95 bits per heavy atom. The van der Waals surface area contributed by atoms with Crippen LogP contribution in [0.2, 0.25) is 0 Å². The summed E-state index contributed by atoms with van der Waals surface area (Å²) < 4.78 is 22.0. The van der Waals surface area contributed by atoms with Crippen molar-refractivity contribution in [3.63, 3.8) is 0 Å². The van der Waals surface area contributed by atoms with Gasteiger partial charge in [-0.25, -0.2) is 0 Å². The van der Waals surface area contributed by atoms with Gasteiger partial charge in [-0.3, -0.25) is 4.79 Å². The van der Waals surface area contributed by atoms with E-state index in [0.29, 0.717) is 22.8 Å². The van der Waals surface area contributed by atoms with Crippen LogP contribution in [0.1, 0.15) is 36.0 Å². The highest BCUT2D eigenvalue weighted by Crippen LogP contribution is 2.38. The molecule has 1 aromatic rings. The lowest BCUT2D eigenvalue weighted by Gasteiger charge is -2.29. The molecule has 2 aliphatic rings. The third kappa shape index (κ3) is 2.58. The molecule has 0 spiro atoms. The summed E-state index contributed by atoms with van der Waals surface area (Å²) in [4.78, 5) is 11.2. The third-order valence-corrected chi connectivity index (χ3v) is 3.84. The zero-order valence-electron chi connectivity index (χ0n) is 11.5. The SMILES string of the molecule is COC1CCCC(Oc2cc3c(cc2C=O)OCO3)C1. The van der Waals surface area contributed by atoms with Crippen molar-refractivity contribution in [1.29, 1.82) is 0 Å². The zero-order chi connectivity index (χ0) is 13.9. The number of carbonyl (C=O) groups is 1. The van der Waals surface area contributed by atoms with Crippen molar-refractivity contribution < 1.29 is 23.7 Å². The Kier molecular flexibility index (Phi) is 3.78. The Hall–Kier alpha value is -1.75. The lowest BCUT2D eigenvalue weighted by atomic mass is 9.95. The van der Waals surface area contributed by atoms with E-state index in [9.17, 15) is 4.79 Å². The molecule has 1 aliphatic carbocycles. The van der Waals surface area contributed by atoms with E-state index in [1.54, 1.807) is 19.2 Å². The number of rotatable bonds is 4. The molecule has 0 bridgehead atoms. The minimum Gasteiger partial charge on any atom is -0.489 e. The van der Waals surface area contributed by atoms with Gasteiger partial charge in [0.2, 0.25) is 6.79 Å². The molecule has 0 saturated heterocycles. The van der Waals surface area contributed by atoms with Gasteiger partial charge in [-0.15, -0.1) is 0 Å². The second kappa shape index (κ2) is 5.71. The molecular weight excluding hydrogens is 260 g/mol. The van der Waals surface area contributed by atoms with E-state index in [2.05, 4.69) is 0 Å². The topological polar surface area (TPSA) is 54.0 Å². The Morgan fingerprint density at radius 3 is 2.70 bits per heavy atom. The van der Waals surface area contributed by atoms with Crippen molar-refractivity contribution in [3.8, 4) is 17.2 Å². The summed E-state index contributed by atoms with van der Waals surface area (Å²) in [7, 11) is 1.73. The summed E-state index contributed by atoms with van der Waals surface area (Å²) in [6, 6.07) is 3.41. The van der Waals surface area contributed by atoms with Crippen LogP contribution in [0.3, 0.4) is 0 Å². The van der Waals surface area contributed by atoms with Crippen molar-refractivity contribution in [2.75, 3.05) is 13.9 Å². The largest absolute Gasteiger partial charge is 0.489 e. The fraction of sp³-hybridized carbons (Fsp3) is 0.533. The maximum atomic E-state index is 11.2. The number of hydrogen-bond donors (Lipinski definition) is 0. The highest BCUT2D eigenvalue weighted by atomic mass is 16.7. The molecule has 5 heteroatoms. The van der Waals surface area contributed by atoms with E-state index < -0.39 is 0 Å². The van der Waals surface area contributed by atoms with Crippen LogP contribution < -0.4 is 14.2 Å². The first-order valence-corrected chi connectivity index (χ1v) is 6.88. The minimum absolute atomic E-state index is 0.0766. The van der Waals surface area contributed by atoms with Gasteiger partial charge in [-0.2, -0.15) is 0 Å². The summed E-state index contributed by atoms with van der Waals surface area (Å²) in [5.74, 6) is 1.79. The van der Waals surface area contributed by atoms with Crippen molar-refractivity contribution >= 4 is 6.29 Å². The van der Waals surface area contributed by atoms with Crippen molar-refractivity contribution in [2.24, 2.45) is 0 Å². The van der Waals surface area contributed by atoms with E-state index >= 15 is 0 Å². The fourth-order valence-corrected chi connectivity index (χ4v) is 2.74. The van der Waals surface area contributed by atoms with Crippen LogP contribution >= 0.6 is 0 Å². The molecule has 2 atom stereocenters. The predicted molar refractivity (Wildman–Crippen MR) is 71.6 cm³/mol. The van der Waals surface area contributed by atoms with E-state index in [1.165, 1.54) is 0 Å². The normalized spacial score (nSPS) is 24.4. The smallest absolute Gasteiger partial charge is 0.231 e. The molecule has 5 nitrogen and oxygen atoms in total. The number of methoxy groups -OCH3 is 1. The molecule has 3 rings (SSSR count). The Balaban J connectivity index is 1.78. The lowest BCUT2D eigenvalue weighted by Crippen LogP contribution is -2.29. The Bertz CT molecular complexity index is 499. The molecule has 0 N–H and O–H groups in total. The second-order valence-corrected chi connectivity index (χ2v) is 5.13. The van der Waals surface area contributed by atoms with Crippen LogP contribution in [0.4, 0.5) is 0 Å². The summed E-state index contributed by atoms with van der Waals surface area (Å²) in [5, 5.41) is 0. The minimum atomic E-state index is 0.0766. The van der Waals surface area contributed by atoms with Crippen molar-refractivity contribution in [1.82, 2.24) is 0 Å². The molecule has 108 valence electrons. The summed E-state index contributed by atoms with van der Waals surface area (Å²) in [6.45, 7) is 0.187. The van der Waals surface area contributed by atoms with E-state index in [0.717, 1.165) is 32.0 Å². The van der Waals surface area contributed by atoms with Crippen molar-refractivity contribution in [3.05, 3.63) is 17.7 Å². The molecule has 0 radical (unpaired) electrons. The first-order valence-electron chi connectivity index (χ1n) is 6.88. The van der Waals surface area contributed by atoms with Gasteiger partial charge in [0.15, 0.2) is 17.8 Å². The van der Waals surface area contributed by atoms with Gasteiger partial charge in [0, 0.05) is 19.6 Å². The van der Waals surface area contributed by atoms with Gasteiger partial charge >= 0.3 is 0 Å². The standard InChI is InChI=1S/C15H18O5/c1-17-11-3-2-4-12(6-11)20-13-7-15-14(18-9-19-15)5-10(13)8-16/h5,7-8,11-12H,2-4,6,9H2,1H3. The van der Waals surface area contributed by atoms with Gasteiger partial charge in [-0.05, 0) is 25.3 Å². The number of benzene rings is 1. The molecule has 0 aromatic heterocycles. The zero-order valence-corrected chi connectivity index (χ0v) is 11.5. The molecule has 1 heterocycles. The molecule has 2 unspecified atom stereocenters. The van der Waals surface area contributed by atoms with Crippen LogP contribution in [0.5, 0.6) is 17.2 Å². The van der Waals surface area contributed by atoms with Gasteiger partial charge < -0.3 is 18.9 Å². The lowest BCUT2D eigenvalue weighted by molar-refractivity contribution is 0.0207. The van der Waals surface area contributed by atoms with Gasteiger partial charge in [0.1, 0.15) is 11.9 Å². The van der Waals surface area contributed by atoms with Crippen LogP contribution in [-0.4, -0.2) is 32.4 Å². The Morgan fingerprint density at radius 1 is 1.20 bits per heavy atom. The maximum absolute atomic E-state index is 11.2. The van der Waals surface area contributed by atoms with E-state index in [4.69, 9.17) is 18.9 Å². The highest BCUT2D eigenvalue weighted by molar-refractivity contribution is 5.81. The van der Waals surface area contributed by atoms with Crippen LogP contribution in [-0.2, 0) is 4.74 Å². The first kappa shape index (κ1) is 13.2. The van der Waals surface area contributed by atoms with Crippen molar-refractivity contribution in [2.45, 2.75) is 37.9 Å². The molecule has 0 amide bonds. The average Bonchev–Trinajstić information content (AvgIpc) is 2.93. The van der Waals surface area contributed by atoms with E-state index in [1.807, 2.05) is 0 Å². The molecule has 1 saturated carbocycles. The summed E-state index contributed by atoms with van der Waals surface area (Å²) in [5.41, 5.74) is 0.494. The second-order valence-electron chi connectivity index (χ2n) is 5.13. The summed E-state index contributed by atoms with van der Waals surface area (Å²) in [6.07, 6.45) is 5.07. The number of hydrogen-bond acceptors (Lipinski definition) is 5. The molecule has 1 aromatic carbocycles. The molecule has 1 aliphatic heterocycles. The predicted octanol–water partition coefficient (Wildman–Crippen LogP) is 2.56. The Labute approximate surface area is 117 Å². The number of carbonyl (C=O) groups excluding carboxylic acids is 1. The first-order chi connectivity index (χ1) is 9.80. The van der Waals surface area contributed by atoms with E-state index in [-0.39, 0.29) is 19.0 Å². The van der Waals surface area contributed by atoms with Gasteiger partial charge in [-0.1, -0.05) is 0 Å². The maximum Gasteiger partial charge on any atom is 0.231 e. The monoisotopic (exact) mass is 278 g/mol. The molecular formula is C15H18O5. The van der Waals surface area contributed by atoms with Crippen LogP contribution in [0, 0.1) is 0 Å². The number of fused-ring (bicyclic) bond motifs is 1. The highest BCUT2D eigenvalue weighted by Gasteiger charge is 2.25. The molecule has 1 fully saturated rings. The number of ether oxygens (including phenoxy) is 4.